The number of hydrogen-bond donors (Lipinski definition) is 1. The Balaban J connectivity index is 2.47. The SMILES string of the molecule is O=C(OCCO)N1C=CC=CC=N1. The fourth-order valence-corrected chi connectivity index (χ4v) is 0.701. The predicted molar refractivity (Wildman–Crippen MR) is 47.0 cm³/mol. The molecule has 0 saturated carbocycles. The number of amides is 1. The van der Waals surface area contributed by atoms with E-state index in [1.54, 1.807) is 18.2 Å². The Hall–Kier alpha value is -1.62. The Bertz CT molecular complexity index is 242. The molecular formula is C8H10N2O3. The van der Waals surface area contributed by atoms with Crippen molar-refractivity contribution in [2.75, 3.05) is 13.2 Å². The van der Waals surface area contributed by atoms with E-state index in [0.29, 0.717) is 0 Å². The third-order valence-electron chi connectivity index (χ3n) is 1.23. The first-order valence-electron chi connectivity index (χ1n) is 3.79. The molecule has 1 N–H and O–H groups in total. The van der Waals surface area contributed by atoms with Crippen LogP contribution in [-0.4, -0.2) is 35.6 Å². The van der Waals surface area contributed by atoms with Crippen LogP contribution < -0.4 is 0 Å². The maximum Gasteiger partial charge on any atom is 0.434 e. The van der Waals surface area contributed by atoms with Gasteiger partial charge in [-0.1, -0.05) is 6.08 Å². The van der Waals surface area contributed by atoms with Crippen molar-refractivity contribution in [3.63, 3.8) is 0 Å². The van der Waals surface area contributed by atoms with Crippen LogP contribution in [-0.2, 0) is 4.74 Å². The topological polar surface area (TPSA) is 62.1 Å². The van der Waals surface area contributed by atoms with Crippen molar-refractivity contribution in [3.8, 4) is 0 Å². The van der Waals surface area contributed by atoms with E-state index >= 15 is 0 Å². The number of carbonyl (C=O) groups is 1. The molecule has 0 saturated heterocycles. The summed E-state index contributed by atoms with van der Waals surface area (Å²) >= 11 is 0. The van der Waals surface area contributed by atoms with Gasteiger partial charge in [0.25, 0.3) is 0 Å². The number of rotatable bonds is 2. The van der Waals surface area contributed by atoms with Crippen molar-refractivity contribution in [1.29, 1.82) is 0 Å². The largest absolute Gasteiger partial charge is 0.445 e. The molecular weight excluding hydrogens is 172 g/mol. The Morgan fingerprint density at radius 3 is 3.08 bits per heavy atom. The van der Waals surface area contributed by atoms with Gasteiger partial charge in [0.05, 0.1) is 6.61 Å². The fraction of sp³-hybridized carbons (Fsp3) is 0.250. The van der Waals surface area contributed by atoms with Gasteiger partial charge in [-0.2, -0.15) is 10.1 Å². The molecule has 0 unspecified atom stereocenters. The van der Waals surface area contributed by atoms with Crippen molar-refractivity contribution in [1.82, 2.24) is 5.01 Å². The van der Waals surface area contributed by atoms with Crippen LogP contribution in [0.1, 0.15) is 0 Å². The zero-order valence-electron chi connectivity index (χ0n) is 6.96. The summed E-state index contributed by atoms with van der Waals surface area (Å²) in [4.78, 5) is 11.1. The summed E-state index contributed by atoms with van der Waals surface area (Å²) < 4.78 is 4.63. The van der Waals surface area contributed by atoms with Crippen molar-refractivity contribution in [3.05, 3.63) is 24.4 Å². The number of carbonyl (C=O) groups excluding carboxylic acids is 1. The van der Waals surface area contributed by atoms with Gasteiger partial charge in [0, 0.05) is 12.4 Å². The smallest absolute Gasteiger partial charge is 0.434 e. The van der Waals surface area contributed by atoms with E-state index in [4.69, 9.17) is 5.11 Å². The number of ether oxygens (including phenoxy) is 1. The molecule has 0 aromatic heterocycles. The van der Waals surface area contributed by atoms with E-state index in [1.807, 2.05) is 0 Å². The minimum Gasteiger partial charge on any atom is -0.445 e. The van der Waals surface area contributed by atoms with Crippen LogP contribution in [0.4, 0.5) is 4.79 Å². The molecule has 0 bridgehead atoms. The summed E-state index contributed by atoms with van der Waals surface area (Å²) in [6.07, 6.45) is 7.43. The Kier molecular flexibility index (Phi) is 3.72. The molecule has 0 aromatic rings. The van der Waals surface area contributed by atoms with E-state index in [2.05, 4.69) is 9.84 Å². The predicted octanol–water partition coefficient (Wildman–Crippen LogP) is 0.487. The highest BCUT2D eigenvalue weighted by Gasteiger charge is 2.09. The first-order valence-corrected chi connectivity index (χ1v) is 3.79. The minimum absolute atomic E-state index is 0.0217. The molecule has 1 amide bonds. The molecule has 1 aliphatic rings. The lowest BCUT2D eigenvalue weighted by Crippen LogP contribution is -2.22. The van der Waals surface area contributed by atoms with Crippen molar-refractivity contribution < 1.29 is 14.6 Å². The van der Waals surface area contributed by atoms with Gasteiger partial charge in [0.2, 0.25) is 0 Å². The summed E-state index contributed by atoms with van der Waals surface area (Å²) in [5, 5.41) is 13.2. The maximum absolute atomic E-state index is 11.1. The first-order chi connectivity index (χ1) is 6.34. The van der Waals surface area contributed by atoms with Gasteiger partial charge in [-0.25, -0.2) is 4.79 Å². The number of aliphatic hydroxyl groups excluding tert-OH is 1. The van der Waals surface area contributed by atoms with Gasteiger partial charge in [-0.05, 0) is 12.2 Å². The highest BCUT2D eigenvalue weighted by Crippen LogP contribution is 1.98. The van der Waals surface area contributed by atoms with E-state index in [0.717, 1.165) is 5.01 Å². The Labute approximate surface area is 75.6 Å². The first kappa shape index (κ1) is 9.47. The molecule has 5 heteroatoms. The quantitative estimate of drug-likeness (QED) is 0.675. The minimum atomic E-state index is -0.606. The van der Waals surface area contributed by atoms with Crippen LogP contribution in [0, 0.1) is 0 Å². The van der Waals surface area contributed by atoms with Crippen LogP contribution in [0.25, 0.3) is 0 Å². The standard InChI is InChI=1S/C8H10N2O3/c11-6-7-13-8(12)10-5-3-1-2-4-9-10/h1-5,11H,6-7H2. The lowest BCUT2D eigenvalue weighted by molar-refractivity contribution is 0.0967. The zero-order valence-corrected chi connectivity index (χ0v) is 6.96. The number of allylic oxidation sites excluding steroid dienone is 3. The molecule has 0 aromatic carbocycles. The zero-order chi connectivity index (χ0) is 9.52. The van der Waals surface area contributed by atoms with E-state index in [9.17, 15) is 4.79 Å². The molecule has 1 rings (SSSR count). The summed E-state index contributed by atoms with van der Waals surface area (Å²) in [5.41, 5.74) is 0. The summed E-state index contributed by atoms with van der Waals surface area (Å²) in [7, 11) is 0. The van der Waals surface area contributed by atoms with Gasteiger partial charge < -0.3 is 9.84 Å². The summed E-state index contributed by atoms with van der Waals surface area (Å²) in [5.74, 6) is 0. The summed E-state index contributed by atoms with van der Waals surface area (Å²) in [6.45, 7) is -0.211. The summed E-state index contributed by atoms with van der Waals surface area (Å²) in [6, 6.07) is 0. The number of aliphatic hydroxyl groups is 1. The second kappa shape index (κ2) is 5.10. The lowest BCUT2D eigenvalue weighted by atomic mass is 10.5. The van der Waals surface area contributed by atoms with Gasteiger partial charge >= 0.3 is 6.09 Å². The van der Waals surface area contributed by atoms with Crippen LogP contribution >= 0.6 is 0 Å². The highest BCUT2D eigenvalue weighted by atomic mass is 16.6. The molecule has 0 spiro atoms. The van der Waals surface area contributed by atoms with E-state index in [-0.39, 0.29) is 13.2 Å². The molecule has 0 atom stereocenters. The fourth-order valence-electron chi connectivity index (χ4n) is 0.701. The van der Waals surface area contributed by atoms with Crippen molar-refractivity contribution in [2.24, 2.45) is 5.10 Å². The van der Waals surface area contributed by atoms with E-state index < -0.39 is 6.09 Å². The third kappa shape index (κ3) is 3.08. The Morgan fingerprint density at radius 2 is 2.31 bits per heavy atom. The van der Waals surface area contributed by atoms with Crippen LogP contribution in [0.2, 0.25) is 0 Å². The third-order valence-corrected chi connectivity index (χ3v) is 1.23. The van der Waals surface area contributed by atoms with Crippen molar-refractivity contribution >= 4 is 12.3 Å². The highest BCUT2D eigenvalue weighted by molar-refractivity contribution is 5.76. The van der Waals surface area contributed by atoms with Crippen LogP contribution in [0.5, 0.6) is 0 Å². The Morgan fingerprint density at radius 1 is 1.46 bits per heavy atom. The van der Waals surface area contributed by atoms with Gasteiger partial charge in [0.15, 0.2) is 0 Å². The van der Waals surface area contributed by atoms with Gasteiger partial charge in [-0.3, -0.25) is 0 Å². The number of hydrazone groups is 1. The van der Waals surface area contributed by atoms with Gasteiger partial charge in [-0.15, -0.1) is 0 Å². The molecule has 70 valence electrons. The number of hydrogen-bond acceptors (Lipinski definition) is 4. The molecule has 5 nitrogen and oxygen atoms in total. The van der Waals surface area contributed by atoms with Crippen LogP contribution in [0.3, 0.4) is 0 Å². The lowest BCUT2D eigenvalue weighted by Gasteiger charge is -2.10. The average molecular weight is 182 g/mol. The molecule has 0 fully saturated rings. The average Bonchev–Trinajstić information content (AvgIpc) is 2.42. The maximum atomic E-state index is 11.1. The molecule has 0 radical (unpaired) electrons. The second-order valence-corrected chi connectivity index (χ2v) is 2.17. The second-order valence-electron chi connectivity index (χ2n) is 2.17. The molecule has 0 aliphatic carbocycles. The molecule has 1 aliphatic heterocycles. The van der Waals surface area contributed by atoms with Crippen molar-refractivity contribution in [2.45, 2.75) is 0 Å². The monoisotopic (exact) mass is 182 g/mol. The number of nitrogens with zero attached hydrogens (tertiary/aromatic N) is 2. The van der Waals surface area contributed by atoms with Gasteiger partial charge in [0.1, 0.15) is 6.61 Å². The normalized spacial score (nSPS) is 14.4. The molecule has 13 heavy (non-hydrogen) atoms. The van der Waals surface area contributed by atoms with E-state index in [1.165, 1.54) is 12.4 Å². The van der Waals surface area contributed by atoms with Crippen LogP contribution in [0.15, 0.2) is 29.5 Å². The molecule has 1 heterocycles.